The Bertz CT molecular complexity index is 132. The zero-order valence-corrected chi connectivity index (χ0v) is 6.38. The standard InChI is InChI=1S/C5H6BrF3/c1-3-2-4(7,8)5(3,6)9/h3H,2H2,1H3. The smallest absolute Gasteiger partial charge is 0.224 e. The Kier molecular flexibility index (Phi) is 1.35. The van der Waals surface area contributed by atoms with Crippen LogP contribution in [0.25, 0.3) is 0 Å². The Hall–Kier alpha value is 0.270. The molecule has 2 unspecified atom stereocenters. The van der Waals surface area contributed by atoms with Crippen LogP contribution in [-0.4, -0.2) is 10.5 Å². The van der Waals surface area contributed by atoms with Crippen molar-refractivity contribution in [2.45, 2.75) is 23.8 Å². The van der Waals surface area contributed by atoms with Crippen molar-refractivity contribution in [2.24, 2.45) is 5.92 Å². The molecule has 4 heteroatoms. The highest BCUT2D eigenvalue weighted by atomic mass is 79.9. The SMILES string of the molecule is CC1CC(F)(F)C1(F)Br. The van der Waals surface area contributed by atoms with Gasteiger partial charge in [-0.15, -0.1) is 0 Å². The molecule has 0 bridgehead atoms. The highest BCUT2D eigenvalue weighted by Gasteiger charge is 2.66. The molecule has 0 N–H and O–H groups in total. The second-order valence-corrected chi connectivity index (χ2v) is 3.59. The molecular weight excluding hydrogens is 197 g/mol. The number of hydrogen-bond acceptors (Lipinski definition) is 0. The predicted molar refractivity (Wildman–Crippen MR) is 31.5 cm³/mol. The van der Waals surface area contributed by atoms with Crippen LogP contribution in [0.15, 0.2) is 0 Å². The molecule has 0 aliphatic heterocycles. The van der Waals surface area contributed by atoms with Gasteiger partial charge in [-0.1, -0.05) is 6.92 Å². The molecule has 0 aromatic carbocycles. The van der Waals surface area contributed by atoms with E-state index in [-0.39, 0.29) is 6.42 Å². The number of rotatable bonds is 0. The van der Waals surface area contributed by atoms with E-state index in [1.54, 1.807) is 0 Å². The molecule has 0 saturated heterocycles. The molecule has 2 atom stereocenters. The van der Waals surface area contributed by atoms with E-state index in [1.807, 2.05) is 0 Å². The summed E-state index contributed by atoms with van der Waals surface area (Å²) < 4.78 is 34.4. The highest BCUT2D eigenvalue weighted by Crippen LogP contribution is 2.57. The van der Waals surface area contributed by atoms with Gasteiger partial charge >= 0.3 is 0 Å². The third kappa shape index (κ3) is 0.791. The van der Waals surface area contributed by atoms with Gasteiger partial charge in [-0.25, -0.2) is 13.2 Å². The molecule has 0 aromatic heterocycles. The van der Waals surface area contributed by atoms with Crippen LogP contribution in [0.5, 0.6) is 0 Å². The molecule has 0 nitrogen and oxygen atoms in total. The molecule has 0 spiro atoms. The zero-order valence-electron chi connectivity index (χ0n) is 4.80. The average molecular weight is 203 g/mol. The number of hydrogen-bond donors (Lipinski definition) is 0. The molecule has 0 radical (unpaired) electrons. The van der Waals surface area contributed by atoms with Gasteiger partial charge in [-0.2, -0.15) is 0 Å². The molecular formula is C5H6BrF3. The topological polar surface area (TPSA) is 0 Å². The van der Waals surface area contributed by atoms with Crippen LogP contribution in [-0.2, 0) is 0 Å². The van der Waals surface area contributed by atoms with Crippen molar-refractivity contribution < 1.29 is 13.2 Å². The predicted octanol–water partition coefficient (Wildman–Crippen LogP) is 2.72. The van der Waals surface area contributed by atoms with E-state index >= 15 is 0 Å². The second-order valence-electron chi connectivity index (χ2n) is 2.43. The van der Waals surface area contributed by atoms with E-state index in [0.29, 0.717) is 0 Å². The lowest BCUT2D eigenvalue weighted by Gasteiger charge is -2.44. The summed E-state index contributed by atoms with van der Waals surface area (Å²) in [5, 5.41) is 0. The summed E-state index contributed by atoms with van der Waals surface area (Å²) in [5.74, 6) is -3.74. The highest BCUT2D eigenvalue weighted by molar-refractivity contribution is 9.10. The van der Waals surface area contributed by atoms with Crippen molar-refractivity contribution >= 4 is 15.9 Å². The maximum Gasteiger partial charge on any atom is 0.292 e. The fourth-order valence-electron chi connectivity index (χ4n) is 0.878. The van der Waals surface area contributed by atoms with Crippen LogP contribution < -0.4 is 0 Å². The third-order valence-electron chi connectivity index (χ3n) is 1.67. The maximum atomic E-state index is 12.5. The molecule has 1 saturated carbocycles. The maximum absolute atomic E-state index is 12.5. The van der Waals surface area contributed by atoms with E-state index in [0.717, 1.165) is 0 Å². The van der Waals surface area contributed by atoms with Gasteiger partial charge in [-0.05, 0) is 15.9 Å². The summed E-state index contributed by atoms with van der Waals surface area (Å²) in [6.07, 6.45) is -0.352. The third-order valence-corrected chi connectivity index (χ3v) is 3.03. The van der Waals surface area contributed by atoms with Crippen molar-refractivity contribution in [3.05, 3.63) is 0 Å². The average Bonchev–Trinajstić information content (AvgIpc) is 1.65. The van der Waals surface area contributed by atoms with E-state index in [1.165, 1.54) is 6.92 Å². The summed E-state index contributed by atoms with van der Waals surface area (Å²) in [5.41, 5.74) is 0. The van der Waals surface area contributed by atoms with E-state index < -0.39 is 16.4 Å². The van der Waals surface area contributed by atoms with Crippen molar-refractivity contribution in [2.75, 3.05) is 0 Å². The molecule has 1 aliphatic rings. The van der Waals surface area contributed by atoms with Gasteiger partial charge < -0.3 is 0 Å². The summed E-state index contributed by atoms with van der Waals surface area (Å²) in [7, 11) is 0. The Morgan fingerprint density at radius 1 is 1.44 bits per heavy atom. The summed E-state index contributed by atoms with van der Waals surface area (Å²) >= 11 is 2.33. The molecule has 0 aromatic rings. The van der Waals surface area contributed by atoms with Crippen LogP contribution in [0, 0.1) is 5.92 Å². The molecule has 1 rings (SSSR count). The van der Waals surface area contributed by atoms with Crippen LogP contribution in [0.3, 0.4) is 0 Å². The van der Waals surface area contributed by atoms with Gasteiger partial charge in [0.05, 0.1) is 0 Å². The first-order valence-electron chi connectivity index (χ1n) is 2.63. The fourth-order valence-corrected chi connectivity index (χ4v) is 1.20. The summed E-state index contributed by atoms with van der Waals surface area (Å²) in [6.45, 7) is 1.45. The molecule has 0 heterocycles. The van der Waals surface area contributed by atoms with Crippen molar-refractivity contribution in [3.8, 4) is 0 Å². The van der Waals surface area contributed by atoms with Gasteiger partial charge in [0, 0.05) is 12.3 Å². The number of alkyl halides is 4. The fraction of sp³-hybridized carbons (Fsp3) is 1.00. The largest absolute Gasteiger partial charge is 0.292 e. The zero-order chi connectivity index (χ0) is 7.28. The lowest BCUT2D eigenvalue weighted by molar-refractivity contribution is -0.192. The monoisotopic (exact) mass is 202 g/mol. The quantitative estimate of drug-likeness (QED) is 0.531. The van der Waals surface area contributed by atoms with Crippen LogP contribution >= 0.6 is 15.9 Å². The van der Waals surface area contributed by atoms with Gasteiger partial charge in [0.15, 0.2) is 0 Å². The van der Waals surface area contributed by atoms with Gasteiger partial charge in [0.1, 0.15) is 0 Å². The van der Waals surface area contributed by atoms with Gasteiger partial charge in [-0.3, -0.25) is 0 Å². The van der Waals surface area contributed by atoms with Crippen LogP contribution in [0.4, 0.5) is 13.2 Å². The number of halogens is 4. The molecule has 1 fully saturated rings. The van der Waals surface area contributed by atoms with E-state index in [9.17, 15) is 13.2 Å². The van der Waals surface area contributed by atoms with E-state index in [4.69, 9.17) is 0 Å². The normalized spacial score (nSPS) is 48.3. The Morgan fingerprint density at radius 2 is 1.89 bits per heavy atom. The molecule has 9 heavy (non-hydrogen) atoms. The molecule has 54 valence electrons. The lowest BCUT2D eigenvalue weighted by Crippen LogP contribution is -2.56. The Balaban J connectivity index is 2.70. The molecule has 0 amide bonds. The van der Waals surface area contributed by atoms with Crippen molar-refractivity contribution in [3.63, 3.8) is 0 Å². The Labute approximate surface area is 59.6 Å². The van der Waals surface area contributed by atoms with Crippen LogP contribution in [0.1, 0.15) is 13.3 Å². The van der Waals surface area contributed by atoms with E-state index in [2.05, 4.69) is 15.9 Å². The summed E-state index contributed by atoms with van der Waals surface area (Å²) in [4.78, 5) is 0. The minimum Gasteiger partial charge on any atom is -0.224 e. The summed E-state index contributed by atoms with van der Waals surface area (Å²) in [6, 6.07) is 0. The second kappa shape index (κ2) is 1.65. The molecule has 1 aliphatic carbocycles. The first-order chi connectivity index (χ1) is 3.88. The Morgan fingerprint density at radius 3 is 1.89 bits per heavy atom. The first kappa shape index (κ1) is 7.38. The van der Waals surface area contributed by atoms with Crippen molar-refractivity contribution in [1.29, 1.82) is 0 Å². The van der Waals surface area contributed by atoms with Gasteiger partial charge in [0.2, 0.25) is 4.58 Å². The minimum absolute atomic E-state index is 0.352. The van der Waals surface area contributed by atoms with Crippen molar-refractivity contribution in [1.82, 2.24) is 0 Å². The minimum atomic E-state index is -3.16. The first-order valence-corrected chi connectivity index (χ1v) is 3.43. The van der Waals surface area contributed by atoms with Crippen LogP contribution in [0.2, 0.25) is 0 Å². The van der Waals surface area contributed by atoms with Gasteiger partial charge in [0.25, 0.3) is 5.92 Å². The lowest BCUT2D eigenvalue weighted by atomic mass is 9.80.